The van der Waals surface area contributed by atoms with E-state index < -0.39 is 0 Å². The fourth-order valence-electron chi connectivity index (χ4n) is 7.81. The summed E-state index contributed by atoms with van der Waals surface area (Å²) >= 11 is 0. The van der Waals surface area contributed by atoms with Crippen molar-refractivity contribution >= 4 is 55.2 Å². The molecule has 0 fully saturated rings. The van der Waals surface area contributed by atoms with Gasteiger partial charge in [0.2, 0.25) is 0 Å². The third-order valence-electron chi connectivity index (χ3n) is 10.1. The van der Waals surface area contributed by atoms with Gasteiger partial charge in [-0.15, -0.1) is 0 Å². The van der Waals surface area contributed by atoms with Crippen LogP contribution in [0.4, 0.5) is 17.1 Å². The lowest BCUT2D eigenvalue weighted by Crippen LogP contribution is -2.11. The summed E-state index contributed by atoms with van der Waals surface area (Å²) in [6, 6.07) is 70.3. The fraction of sp³-hybridized carbons (Fsp3) is 0. The van der Waals surface area contributed by atoms with Crippen molar-refractivity contribution in [1.82, 2.24) is 4.40 Å². The van der Waals surface area contributed by atoms with E-state index in [-0.39, 0.29) is 0 Å². The lowest BCUT2D eigenvalue weighted by atomic mass is 9.99. The van der Waals surface area contributed by atoms with Gasteiger partial charge >= 0.3 is 0 Å². The maximum Gasteiger partial charge on any atom is 0.0620 e. The van der Waals surface area contributed by atoms with Gasteiger partial charge in [0.25, 0.3) is 0 Å². The fourth-order valence-corrected chi connectivity index (χ4v) is 7.81. The Kier molecular flexibility index (Phi) is 6.53. The number of hydrogen-bond acceptors (Lipinski definition) is 1. The van der Waals surface area contributed by atoms with E-state index in [0.29, 0.717) is 0 Å². The highest BCUT2D eigenvalue weighted by Crippen LogP contribution is 2.44. The van der Waals surface area contributed by atoms with E-state index in [1.165, 1.54) is 71.5 Å². The van der Waals surface area contributed by atoms with Crippen molar-refractivity contribution in [2.24, 2.45) is 0 Å². The topological polar surface area (TPSA) is 7.65 Å². The SMILES string of the molecule is c1ccc(-c2ccc(N(c3ccc(-c4ccccc4)cc3)c3ccccc3-c3ccc4c5cccc6c7ccccc7n(c4c3)c65)cc2)cc1. The molecule has 0 unspecified atom stereocenters. The minimum Gasteiger partial charge on any atom is -0.310 e. The number of fused-ring (bicyclic) bond motifs is 6. The van der Waals surface area contributed by atoms with E-state index >= 15 is 0 Å². The number of nitrogens with zero attached hydrogens (tertiary/aromatic N) is 2. The van der Waals surface area contributed by atoms with E-state index in [1.54, 1.807) is 0 Å². The first-order chi connectivity index (χ1) is 24.8. The lowest BCUT2D eigenvalue weighted by Gasteiger charge is -2.28. The van der Waals surface area contributed by atoms with Crippen LogP contribution in [0.1, 0.15) is 0 Å². The predicted molar refractivity (Wildman–Crippen MR) is 212 cm³/mol. The van der Waals surface area contributed by atoms with Gasteiger partial charge in [-0.3, -0.25) is 0 Å². The Bertz CT molecular complexity index is 2690. The number of hydrogen-bond donors (Lipinski definition) is 0. The quantitative estimate of drug-likeness (QED) is 0.176. The van der Waals surface area contributed by atoms with Crippen LogP contribution in [0.3, 0.4) is 0 Å². The molecule has 0 radical (unpaired) electrons. The second-order valence-electron chi connectivity index (χ2n) is 13.0. The van der Waals surface area contributed by atoms with Gasteiger partial charge in [0.15, 0.2) is 0 Å². The van der Waals surface area contributed by atoms with Crippen LogP contribution in [0.5, 0.6) is 0 Å². The summed E-state index contributed by atoms with van der Waals surface area (Å²) in [6.45, 7) is 0. The summed E-state index contributed by atoms with van der Waals surface area (Å²) in [4.78, 5) is 2.39. The van der Waals surface area contributed by atoms with Crippen LogP contribution in [0.15, 0.2) is 194 Å². The number of anilines is 3. The average Bonchev–Trinajstić information content (AvgIpc) is 3.72. The summed E-state index contributed by atoms with van der Waals surface area (Å²) in [6.07, 6.45) is 0. The summed E-state index contributed by atoms with van der Waals surface area (Å²) in [5.74, 6) is 0. The van der Waals surface area contributed by atoms with Gasteiger partial charge in [-0.1, -0.05) is 152 Å². The van der Waals surface area contributed by atoms with Gasteiger partial charge in [-0.05, 0) is 70.3 Å². The highest BCUT2D eigenvalue weighted by atomic mass is 15.1. The van der Waals surface area contributed by atoms with Gasteiger partial charge in [-0.2, -0.15) is 0 Å². The molecule has 2 heteroatoms. The van der Waals surface area contributed by atoms with Crippen molar-refractivity contribution in [3.63, 3.8) is 0 Å². The lowest BCUT2D eigenvalue weighted by molar-refractivity contribution is 1.28. The maximum atomic E-state index is 2.46. The van der Waals surface area contributed by atoms with Crippen LogP contribution in [0.2, 0.25) is 0 Å². The summed E-state index contributed by atoms with van der Waals surface area (Å²) in [5.41, 5.74) is 14.3. The van der Waals surface area contributed by atoms with Crippen LogP contribution in [0, 0.1) is 0 Å². The molecular formula is C48H32N2. The molecule has 0 aliphatic carbocycles. The first-order valence-corrected chi connectivity index (χ1v) is 17.2. The molecule has 2 heterocycles. The van der Waals surface area contributed by atoms with Crippen molar-refractivity contribution in [2.45, 2.75) is 0 Å². The van der Waals surface area contributed by atoms with Gasteiger partial charge in [0, 0.05) is 38.5 Å². The van der Waals surface area contributed by atoms with Crippen LogP contribution in [-0.2, 0) is 0 Å². The third kappa shape index (κ3) is 4.50. The predicted octanol–water partition coefficient (Wildman–Crippen LogP) is 13.3. The maximum absolute atomic E-state index is 2.46. The molecule has 0 N–H and O–H groups in total. The van der Waals surface area contributed by atoms with Gasteiger partial charge in [0.1, 0.15) is 0 Å². The Morgan fingerprint density at radius 3 is 1.44 bits per heavy atom. The normalized spacial score (nSPS) is 11.6. The molecule has 0 bridgehead atoms. The highest BCUT2D eigenvalue weighted by Gasteiger charge is 2.20. The second kappa shape index (κ2) is 11.5. The zero-order chi connectivity index (χ0) is 33.0. The number of rotatable bonds is 6. The highest BCUT2D eigenvalue weighted by molar-refractivity contribution is 6.23. The minimum atomic E-state index is 1.11. The van der Waals surface area contributed by atoms with Crippen molar-refractivity contribution in [1.29, 1.82) is 0 Å². The van der Waals surface area contributed by atoms with Crippen molar-refractivity contribution in [3.8, 4) is 33.4 Å². The molecule has 0 aliphatic heterocycles. The number of benzene rings is 8. The first kappa shape index (κ1) is 28.4. The van der Waals surface area contributed by atoms with Crippen LogP contribution in [-0.4, -0.2) is 4.40 Å². The smallest absolute Gasteiger partial charge is 0.0620 e. The van der Waals surface area contributed by atoms with Crippen LogP contribution in [0.25, 0.3) is 71.5 Å². The molecule has 0 aliphatic rings. The second-order valence-corrected chi connectivity index (χ2v) is 13.0. The molecule has 10 aromatic rings. The Labute approximate surface area is 291 Å². The Morgan fingerprint density at radius 2 is 0.800 bits per heavy atom. The molecule has 0 amide bonds. The minimum absolute atomic E-state index is 1.11. The van der Waals surface area contributed by atoms with Crippen molar-refractivity contribution in [3.05, 3.63) is 194 Å². The molecule has 2 nitrogen and oxygen atoms in total. The van der Waals surface area contributed by atoms with E-state index in [1.807, 2.05) is 0 Å². The molecular weight excluding hydrogens is 605 g/mol. The molecule has 0 saturated carbocycles. The molecule has 0 saturated heterocycles. The van der Waals surface area contributed by atoms with Crippen molar-refractivity contribution in [2.75, 3.05) is 4.90 Å². The molecule has 234 valence electrons. The summed E-state index contributed by atoms with van der Waals surface area (Å²) in [7, 11) is 0. The average molecular weight is 637 g/mol. The van der Waals surface area contributed by atoms with Crippen molar-refractivity contribution < 1.29 is 0 Å². The molecule has 10 rings (SSSR count). The third-order valence-corrected chi connectivity index (χ3v) is 10.1. The van der Waals surface area contributed by atoms with Crippen LogP contribution < -0.4 is 4.90 Å². The number of aromatic nitrogens is 1. The molecule has 0 atom stereocenters. The van der Waals surface area contributed by atoms with E-state index in [2.05, 4.69) is 203 Å². The monoisotopic (exact) mass is 636 g/mol. The zero-order valence-corrected chi connectivity index (χ0v) is 27.4. The molecule has 8 aromatic carbocycles. The van der Waals surface area contributed by atoms with Gasteiger partial charge in [0.05, 0.1) is 22.2 Å². The molecule has 50 heavy (non-hydrogen) atoms. The van der Waals surface area contributed by atoms with E-state index in [0.717, 1.165) is 17.1 Å². The number of para-hydroxylation sites is 3. The van der Waals surface area contributed by atoms with Crippen LogP contribution >= 0.6 is 0 Å². The Hall–Kier alpha value is -6.64. The molecule has 2 aromatic heterocycles. The zero-order valence-electron chi connectivity index (χ0n) is 27.4. The summed E-state index contributed by atoms with van der Waals surface area (Å²) < 4.78 is 2.46. The van der Waals surface area contributed by atoms with E-state index in [4.69, 9.17) is 0 Å². The standard InChI is InChI=1S/C48H32N2/c1-3-12-33(13-4-1)35-22-27-38(28-23-35)49(39-29-24-36(25-30-39)34-14-5-2-6-15-34)45-20-9-7-16-40(45)37-26-31-42-44-19-11-18-43-41-17-8-10-21-46(41)50(48(43)44)47(42)32-37/h1-32H. The summed E-state index contributed by atoms with van der Waals surface area (Å²) in [5, 5.41) is 5.18. The molecule has 0 spiro atoms. The largest absolute Gasteiger partial charge is 0.310 e. The van der Waals surface area contributed by atoms with E-state index in [9.17, 15) is 0 Å². The first-order valence-electron chi connectivity index (χ1n) is 17.2. The Morgan fingerprint density at radius 1 is 0.320 bits per heavy atom. The Balaban J connectivity index is 1.16. The van der Waals surface area contributed by atoms with Gasteiger partial charge in [-0.25, -0.2) is 0 Å². The van der Waals surface area contributed by atoms with Gasteiger partial charge < -0.3 is 9.30 Å².